The molecule has 1 aromatic rings. The average Bonchev–Trinajstić information content (AvgIpc) is 2.86. The Labute approximate surface area is 136 Å². The highest BCUT2D eigenvalue weighted by atomic mass is 35.5. The second-order valence-corrected chi connectivity index (χ2v) is 8.47. The van der Waals surface area contributed by atoms with E-state index < -0.39 is 10.0 Å². The van der Waals surface area contributed by atoms with Crippen LogP contribution in [0.15, 0.2) is 17.0 Å². The number of nitrogens with two attached hydrogens (primary N) is 1. The highest BCUT2D eigenvalue weighted by molar-refractivity contribution is 7.89. The van der Waals surface area contributed by atoms with Crippen LogP contribution in [0.2, 0.25) is 10.0 Å². The van der Waals surface area contributed by atoms with Gasteiger partial charge in [-0.1, -0.05) is 43.0 Å². The summed E-state index contributed by atoms with van der Waals surface area (Å²) in [7, 11) is -3.69. The molecule has 7 heteroatoms. The standard InChI is InChI=1S/C14H20Cl2N2O2S/c1-14(4-2-3-5-14)9-18-21(19,20)12-7-11(15)6-10(8-17)13(12)16/h6-7,18H,2-5,8-9,17H2,1H3. The minimum atomic E-state index is -3.69. The second-order valence-electron chi connectivity index (χ2n) is 5.92. The summed E-state index contributed by atoms with van der Waals surface area (Å²) < 4.78 is 27.6. The lowest BCUT2D eigenvalue weighted by Gasteiger charge is -2.24. The van der Waals surface area contributed by atoms with Gasteiger partial charge in [-0.2, -0.15) is 0 Å². The van der Waals surface area contributed by atoms with Crippen LogP contribution in [0.3, 0.4) is 0 Å². The van der Waals surface area contributed by atoms with Crippen LogP contribution >= 0.6 is 23.2 Å². The molecule has 1 saturated carbocycles. The van der Waals surface area contributed by atoms with E-state index in [1.807, 2.05) is 0 Å². The number of nitrogens with one attached hydrogen (secondary N) is 1. The molecule has 0 saturated heterocycles. The van der Waals surface area contributed by atoms with Gasteiger partial charge in [0.25, 0.3) is 0 Å². The van der Waals surface area contributed by atoms with E-state index in [1.165, 1.54) is 6.07 Å². The smallest absolute Gasteiger partial charge is 0.242 e. The van der Waals surface area contributed by atoms with E-state index in [2.05, 4.69) is 11.6 Å². The van der Waals surface area contributed by atoms with Crippen LogP contribution in [0.5, 0.6) is 0 Å². The summed E-state index contributed by atoms with van der Waals surface area (Å²) in [4.78, 5) is -0.00119. The van der Waals surface area contributed by atoms with Gasteiger partial charge in [-0.25, -0.2) is 13.1 Å². The first-order valence-electron chi connectivity index (χ1n) is 6.95. The molecule has 0 spiro atoms. The van der Waals surface area contributed by atoms with E-state index in [4.69, 9.17) is 28.9 Å². The van der Waals surface area contributed by atoms with Gasteiger partial charge in [-0.05, 0) is 36.0 Å². The molecule has 0 amide bonds. The van der Waals surface area contributed by atoms with Gasteiger partial charge >= 0.3 is 0 Å². The van der Waals surface area contributed by atoms with Crippen molar-refractivity contribution in [1.82, 2.24) is 4.72 Å². The van der Waals surface area contributed by atoms with Crippen molar-refractivity contribution in [2.45, 2.75) is 44.0 Å². The van der Waals surface area contributed by atoms with Crippen LogP contribution < -0.4 is 10.5 Å². The quantitative estimate of drug-likeness (QED) is 0.855. The first-order valence-corrected chi connectivity index (χ1v) is 9.19. The minimum Gasteiger partial charge on any atom is -0.326 e. The Balaban J connectivity index is 2.25. The molecule has 0 aromatic heterocycles. The van der Waals surface area contributed by atoms with E-state index in [0.717, 1.165) is 25.7 Å². The Kier molecular flexibility index (Phi) is 5.21. The number of hydrogen-bond donors (Lipinski definition) is 2. The fourth-order valence-electron chi connectivity index (χ4n) is 2.71. The molecular formula is C14H20Cl2N2O2S. The maximum Gasteiger partial charge on any atom is 0.242 e. The topological polar surface area (TPSA) is 72.2 Å². The van der Waals surface area contributed by atoms with Crippen molar-refractivity contribution < 1.29 is 8.42 Å². The molecule has 1 fully saturated rings. The van der Waals surface area contributed by atoms with Gasteiger partial charge in [-0.15, -0.1) is 0 Å². The zero-order valence-electron chi connectivity index (χ0n) is 12.0. The molecule has 21 heavy (non-hydrogen) atoms. The Morgan fingerprint density at radius 1 is 1.29 bits per heavy atom. The van der Waals surface area contributed by atoms with Gasteiger partial charge in [-0.3, -0.25) is 0 Å². The summed E-state index contributed by atoms with van der Waals surface area (Å²) in [5, 5.41) is 0.457. The van der Waals surface area contributed by atoms with E-state index in [9.17, 15) is 8.42 Å². The average molecular weight is 351 g/mol. The number of benzene rings is 1. The fraction of sp³-hybridized carbons (Fsp3) is 0.571. The summed E-state index contributed by atoms with van der Waals surface area (Å²) in [5.41, 5.74) is 6.12. The van der Waals surface area contributed by atoms with E-state index >= 15 is 0 Å². The molecule has 4 nitrogen and oxygen atoms in total. The molecule has 3 N–H and O–H groups in total. The number of sulfonamides is 1. The maximum absolute atomic E-state index is 12.5. The SMILES string of the molecule is CC1(CNS(=O)(=O)c2cc(Cl)cc(CN)c2Cl)CCCC1. The van der Waals surface area contributed by atoms with Crippen molar-refractivity contribution in [3.05, 3.63) is 27.7 Å². The van der Waals surface area contributed by atoms with E-state index in [1.54, 1.807) is 6.07 Å². The summed E-state index contributed by atoms with van der Waals surface area (Å²) in [6, 6.07) is 2.95. The second kappa shape index (κ2) is 6.42. The summed E-state index contributed by atoms with van der Waals surface area (Å²) in [6.45, 7) is 2.66. The third kappa shape index (κ3) is 3.90. The van der Waals surface area contributed by atoms with Crippen LogP contribution in [0.25, 0.3) is 0 Å². The van der Waals surface area contributed by atoms with Gasteiger partial charge in [0.15, 0.2) is 0 Å². The molecule has 0 heterocycles. The molecule has 2 rings (SSSR count). The predicted molar refractivity (Wildman–Crippen MR) is 86.1 cm³/mol. The third-order valence-corrected chi connectivity index (χ3v) is 6.29. The van der Waals surface area contributed by atoms with Crippen LogP contribution in [0.4, 0.5) is 0 Å². The van der Waals surface area contributed by atoms with Gasteiger partial charge in [0.1, 0.15) is 4.90 Å². The third-order valence-electron chi connectivity index (χ3n) is 4.09. The van der Waals surface area contributed by atoms with Crippen molar-refractivity contribution in [2.24, 2.45) is 11.1 Å². The van der Waals surface area contributed by atoms with Gasteiger partial charge < -0.3 is 5.73 Å². The first-order chi connectivity index (χ1) is 9.77. The van der Waals surface area contributed by atoms with Crippen LogP contribution in [-0.2, 0) is 16.6 Å². The fourth-order valence-corrected chi connectivity index (χ4v) is 4.85. The monoisotopic (exact) mass is 350 g/mol. The Morgan fingerprint density at radius 2 is 1.90 bits per heavy atom. The lowest BCUT2D eigenvalue weighted by molar-refractivity contribution is 0.336. The van der Waals surface area contributed by atoms with Crippen LogP contribution in [0, 0.1) is 5.41 Å². The lowest BCUT2D eigenvalue weighted by atomic mass is 9.89. The van der Waals surface area contributed by atoms with Crippen molar-refractivity contribution >= 4 is 33.2 Å². The molecular weight excluding hydrogens is 331 g/mol. The summed E-state index contributed by atoms with van der Waals surface area (Å²) in [5.74, 6) is 0. The van der Waals surface area contributed by atoms with E-state index in [0.29, 0.717) is 17.1 Å². The number of hydrogen-bond acceptors (Lipinski definition) is 3. The number of rotatable bonds is 5. The van der Waals surface area contributed by atoms with Crippen LogP contribution in [-0.4, -0.2) is 15.0 Å². The molecule has 1 aromatic carbocycles. The van der Waals surface area contributed by atoms with Gasteiger partial charge in [0.05, 0.1) is 5.02 Å². The molecule has 0 bridgehead atoms. The van der Waals surface area contributed by atoms with Crippen molar-refractivity contribution in [1.29, 1.82) is 0 Å². The minimum absolute atomic E-state index is 0.00119. The van der Waals surface area contributed by atoms with Crippen LogP contribution in [0.1, 0.15) is 38.2 Å². The largest absolute Gasteiger partial charge is 0.326 e. The molecule has 0 unspecified atom stereocenters. The van der Waals surface area contributed by atoms with Gasteiger partial charge in [0.2, 0.25) is 10.0 Å². The zero-order valence-corrected chi connectivity index (χ0v) is 14.3. The normalized spacial score (nSPS) is 18.1. The first kappa shape index (κ1) is 17.0. The maximum atomic E-state index is 12.5. The summed E-state index contributed by atoms with van der Waals surface area (Å²) >= 11 is 12.1. The Bertz CT molecular complexity index is 626. The number of halogens is 2. The summed E-state index contributed by atoms with van der Waals surface area (Å²) in [6.07, 6.45) is 4.36. The van der Waals surface area contributed by atoms with Crippen molar-refractivity contribution in [3.8, 4) is 0 Å². The molecule has 0 radical (unpaired) electrons. The highest BCUT2D eigenvalue weighted by Gasteiger charge is 2.31. The zero-order chi connectivity index (χ0) is 15.7. The van der Waals surface area contributed by atoms with Gasteiger partial charge in [0, 0.05) is 18.1 Å². The molecule has 118 valence electrons. The molecule has 0 aliphatic heterocycles. The van der Waals surface area contributed by atoms with E-state index in [-0.39, 0.29) is 21.9 Å². The van der Waals surface area contributed by atoms with Crippen molar-refractivity contribution in [2.75, 3.05) is 6.54 Å². The lowest BCUT2D eigenvalue weighted by Crippen LogP contribution is -2.34. The predicted octanol–water partition coefficient (Wildman–Crippen LogP) is 3.31. The van der Waals surface area contributed by atoms with Crippen molar-refractivity contribution in [3.63, 3.8) is 0 Å². The molecule has 0 atom stereocenters. The molecule has 1 aliphatic carbocycles. The Morgan fingerprint density at radius 3 is 2.48 bits per heavy atom. The Hall–Kier alpha value is -0.330. The highest BCUT2D eigenvalue weighted by Crippen LogP contribution is 2.37. The molecule has 1 aliphatic rings.